The topological polar surface area (TPSA) is 44.4 Å². The number of anilines is 1. The average molecular weight is 273 g/mol. The predicted molar refractivity (Wildman–Crippen MR) is 81.0 cm³/mol. The first-order valence-corrected chi connectivity index (χ1v) is 7.49. The fourth-order valence-corrected chi connectivity index (χ4v) is 2.75. The molecule has 1 saturated heterocycles. The molecule has 0 spiro atoms. The molecule has 1 aliphatic heterocycles. The summed E-state index contributed by atoms with van der Waals surface area (Å²) in [6, 6.07) is 9.37. The van der Waals surface area contributed by atoms with Gasteiger partial charge in [0.15, 0.2) is 0 Å². The minimum absolute atomic E-state index is 0.0493. The van der Waals surface area contributed by atoms with Crippen molar-refractivity contribution in [3.8, 4) is 0 Å². The second-order valence-electron chi connectivity index (χ2n) is 6.19. The Hall–Kier alpha value is -1.55. The van der Waals surface area contributed by atoms with Crippen LogP contribution in [0.5, 0.6) is 0 Å². The highest BCUT2D eigenvalue weighted by atomic mass is 16.1. The summed E-state index contributed by atoms with van der Waals surface area (Å²) in [5, 5.41) is 6.56. The van der Waals surface area contributed by atoms with E-state index in [-0.39, 0.29) is 5.91 Å². The Labute approximate surface area is 120 Å². The van der Waals surface area contributed by atoms with E-state index in [9.17, 15) is 4.79 Å². The van der Waals surface area contributed by atoms with Crippen LogP contribution in [-0.4, -0.2) is 42.5 Å². The zero-order chi connectivity index (χ0) is 14.1. The lowest BCUT2D eigenvalue weighted by Gasteiger charge is -2.14. The van der Waals surface area contributed by atoms with Crippen molar-refractivity contribution in [2.75, 3.05) is 18.9 Å². The molecule has 1 saturated carbocycles. The van der Waals surface area contributed by atoms with E-state index in [1.165, 1.54) is 6.42 Å². The molecule has 0 aromatic heterocycles. The van der Waals surface area contributed by atoms with Crippen LogP contribution in [0.15, 0.2) is 24.3 Å². The summed E-state index contributed by atoms with van der Waals surface area (Å²) < 4.78 is 0. The SMILES string of the molecule is CC1CC(Nc2ccc(C(=O)NC3CC3)cc2)CN1C. The van der Waals surface area contributed by atoms with Gasteiger partial charge in [0, 0.05) is 35.9 Å². The third kappa shape index (κ3) is 3.12. The molecule has 2 atom stereocenters. The summed E-state index contributed by atoms with van der Waals surface area (Å²) in [6.45, 7) is 3.33. The molecule has 1 aromatic carbocycles. The van der Waals surface area contributed by atoms with Gasteiger partial charge in [-0.05, 0) is 57.5 Å². The number of likely N-dealkylation sites (N-methyl/N-ethyl adjacent to an activating group) is 1. The van der Waals surface area contributed by atoms with Crippen molar-refractivity contribution in [2.45, 2.75) is 44.3 Å². The van der Waals surface area contributed by atoms with Gasteiger partial charge >= 0.3 is 0 Å². The van der Waals surface area contributed by atoms with Gasteiger partial charge in [-0.1, -0.05) is 0 Å². The number of carbonyl (C=O) groups is 1. The minimum Gasteiger partial charge on any atom is -0.381 e. The maximum atomic E-state index is 11.9. The number of rotatable bonds is 4. The number of hydrogen-bond acceptors (Lipinski definition) is 3. The second-order valence-corrected chi connectivity index (χ2v) is 6.19. The predicted octanol–water partition coefficient (Wildman–Crippen LogP) is 2.08. The maximum absolute atomic E-state index is 11.9. The lowest BCUT2D eigenvalue weighted by Crippen LogP contribution is -2.26. The van der Waals surface area contributed by atoms with Crippen LogP contribution in [0.2, 0.25) is 0 Å². The summed E-state index contributed by atoms with van der Waals surface area (Å²) in [6.07, 6.45) is 3.41. The van der Waals surface area contributed by atoms with E-state index >= 15 is 0 Å². The fourth-order valence-electron chi connectivity index (χ4n) is 2.75. The molecular formula is C16H23N3O. The van der Waals surface area contributed by atoms with Crippen molar-refractivity contribution in [3.05, 3.63) is 29.8 Å². The highest BCUT2D eigenvalue weighted by Crippen LogP contribution is 2.21. The van der Waals surface area contributed by atoms with Crippen molar-refractivity contribution in [3.63, 3.8) is 0 Å². The molecule has 0 radical (unpaired) electrons. The van der Waals surface area contributed by atoms with Gasteiger partial charge in [0.25, 0.3) is 5.91 Å². The lowest BCUT2D eigenvalue weighted by molar-refractivity contribution is 0.0951. The van der Waals surface area contributed by atoms with Crippen LogP contribution in [0.3, 0.4) is 0 Å². The molecule has 2 aliphatic rings. The van der Waals surface area contributed by atoms with E-state index in [2.05, 4.69) is 29.5 Å². The number of hydrogen-bond donors (Lipinski definition) is 2. The highest BCUT2D eigenvalue weighted by Gasteiger charge is 2.26. The van der Waals surface area contributed by atoms with E-state index in [1.807, 2.05) is 24.3 Å². The van der Waals surface area contributed by atoms with Crippen LogP contribution in [0.1, 0.15) is 36.5 Å². The summed E-state index contributed by atoms with van der Waals surface area (Å²) in [7, 11) is 2.16. The number of benzene rings is 1. The largest absolute Gasteiger partial charge is 0.381 e. The number of carbonyl (C=O) groups excluding carboxylic acids is 1. The van der Waals surface area contributed by atoms with Crippen molar-refractivity contribution in [1.29, 1.82) is 0 Å². The molecule has 108 valence electrons. The summed E-state index contributed by atoms with van der Waals surface area (Å²) in [5.41, 5.74) is 1.85. The van der Waals surface area contributed by atoms with Crippen LogP contribution in [-0.2, 0) is 0 Å². The van der Waals surface area contributed by atoms with Gasteiger partial charge in [-0.15, -0.1) is 0 Å². The van der Waals surface area contributed by atoms with Crippen molar-refractivity contribution < 1.29 is 4.79 Å². The molecule has 1 aliphatic carbocycles. The Kier molecular flexibility index (Phi) is 3.66. The molecule has 1 amide bonds. The average Bonchev–Trinajstić information content (AvgIpc) is 3.17. The molecule has 0 bridgehead atoms. The third-order valence-corrected chi connectivity index (χ3v) is 4.32. The van der Waals surface area contributed by atoms with Gasteiger partial charge in [0.2, 0.25) is 0 Å². The van der Waals surface area contributed by atoms with E-state index < -0.39 is 0 Å². The number of amides is 1. The highest BCUT2D eigenvalue weighted by molar-refractivity contribution is 5.94. The third-order valence-electron chi connectivity index (χ3n) is 4.32. The zero-order valence-electron chi connectivity index (χ0n) is 12.2. The molecule has 2 unspecified atom stereocenters. The van der Waals surface area contributed by atoms with Crippen LogP contribution >= 0.6 is 0 Å². The van der Waals surface area contributed by atoms with Gasteiger partial charge in [-0.3, -0.25) is 4.79 Å². The zero-order valence-corrected chi connectivity index (χ0v) is 12.2. The summed E-state index contributed by atoms with van der Waals surface area (Å²) >= 11 is 0. The van der Waals surface area contributed by atoms with Gasteiger partial charge < -0.3 is 15.5 Å². The number of nitrogens with zero attached hydrogens (tertiary/aromatic N) is 1. The molecule has 1 heterocycles. The molecule has 2 fully saturated rings. The van der Waals surface area contributed by atoms with Crippen LogP contribution in [0.4, 0.5) is 5.69 Å². The Balaban J connectivity index is 1.57. The molecule has 4 nitrogen and oxygen atoms in total. The van der Waals surface area contributed by atoms with Crippen LogP contribution in [0, 0.1) is 0 Å². The van der Waals surface area contributed by atoms with Crippen molar-refractivity contribution in [2.24, 2.45) is 0 Å². The lowest BCUT2D eigenvalue weighted by atomic mass is 10.1. The molecule has 1 aromatic rings. The standard InChI is InChI=1S/C16H23N3O/c1-11-9-15(10-19(11)2)17-13-5-3-12(4-6-13)16(20)18-14-7-8-14/h3-6,11,14-15,17H,7-10H2,1-2H3,(H,18,20). The van der Waals surface area contributed by atoms with Gasteiger partial charge in [-0.2, -0.15) is 0 Å². The fraction of sp³-hybridized carbons (Fsp3) is 0.562. The van der Waals surface area contributed by atoms with Gasteiger partial charge in [-0.25, -0.2) is 0 Å². The molecule has 2 N–H and O–H groups in total. The molecule has 3 rings (SSSR count). The molecule has 20 heavy (non-hydrogen) atoms. The van der Waals surface area contributed by atoms with E-state index in [4.69, 9.17) is 0 Å². The molecule has 4 heteroatoms. The normalized spacial score (nSPS) is 26.5. The van der Waals surface area contributed by atoms with Crippen LogP contribution < -0.4 is 10.6 Å². The van der Waals surface area contributed by atoms with Crippen molar-refractivity contribution >= 4 is 11.6 Å². The van der Waals surface area contributed by atoms with E-state index in [1.54, 1.807) is 0 Å². The first-order valence-electron chi connectivity index (χ1n) is 7.49. The number of nitrogens with one attached hydrogen (secondary N) is 2. The van der Waals surface area contributed by atoms with Gasteiger partial charge in [0.05, 0.1) is 0 Å². The monoisotopic (exact) mass is 273 g/mol. The Morgan fingerprint density at radius 2 is 1.90 bits per heavy atom. The van der Waals surface area contributed by atoms with E-state index in [0.717, 1.165) is 30.6 Å². The minimum atomic E-state index is 0.0493. The smallest absolute Gasteiger partial charge is 0.251 e. The number of likely N-dealkylation sites (tertiary alicyclic amines) is 1. The first-order chi connectivity index (χ1) is 9.61. The Bertz CT molecular complexity index is 471. The Morgan fingerprint density at radius 3 is 2.45 bits per heavy atom. The quantitative estimate of drug-likeness (QED) is 0.883. The first kappa shape index (κ1) is 13.4. The Morgan fingerprint density at radius 1 is 1.20 bits per heavy atom. The molecular weight excluding hydrogens is 250 g/mol. The van der Waals surface area contributed by atoms with Crippen molar-refractivity contribution in [1.82, 2.24) is 10.2 Å². The van der Waals surface area contributed by atoms with E-state index in [0.29, 0.717) is 18.1 Å². The van der Waals surface area contributed by atoms with Gasteiger partial charge in [0.1, 0.15) is 0 Å². The second kappa shape index (κ2) is 5.44. The van der Waals surface area contributed by atoms with Crippen LogP contribution in [0.25, 0.3) is 0 Å². The summed E-state index contributed by atoms with van der Waals surface area (Å²) in [4.78, 5) is 14.3. The maximum Gasteiger partial charge on any atom is 0.251 e. The summed E-state index contributed by atoms with van der Waals surface area (Å²) in [5.74, 6) is 0.0493.